The Kier molecular flexibility index (Phi) is 4.53. The van der Waals surface area contributed by atoms with Crippen LogP contribution in [0, 0.1) is 0 Å². The van der Waals surface area contributed by atoms with E-state index in [4.69, 9.17) is 0 Å². The minimum Gasteiger partial charge on any atom is -0.316 e. The third-order valence-electron chi connectivity index (χ3n) is 2.89. The molecule has 17 heavy (non-hydrogen) atoms. The SMILES string of the molecule is CCNCCN(C)CCc1csc2nccn12. The van der Waals surface area contributed by atoms with Gasteiger partial charge < -0.3 is 10.2 Å². The van der Waals surface area contributed by atoms with E-state index < -0.39 is 0 Å². The van der Waals surface area contributed by atoms with Crippen LogP contribution in [-0.2, 0) is 6.42 Å². The highest BCUT2D eigenvalue weighted by Crippen LogP contribution is 2.14. The Morgan fingerprint density at radius 3 is 3.18 bits per heavy atom. The first-order valence-electron chi connectivity index (χ1n) is 6.10. The van der Waals surface area contributed by atoms with Gasteiger partial charge in [0, 0.05) is 49.5 Å². The number of imidazole rings is 1. The Morgan fingerprint density at radius 2 is 2.35 bits per heavy atom. The van der Waals surface area contributed by atoms with Crippen molar-refractivity contribution in [3.63, 3.8) is 0 Å². The van der Waals surface area contributed by atoms with Crippen molar-refractivity contribution in [2.75, 3.05) is 33.2 Å². The molecule has 2 aromatic heterocycles. The fourth-order valence-corrected chi connectivity index (χ4v) is 2.70. The maximum absolute atomic E-state index is 4.29. The van der Waals surface area contributed by atoms with E-state index in [2.05, 4.69) is 39.0 Å². The van der Waals surface area contributed by atoms with Crippen LogP contribution in [0.1, 0.15) is 12.6 Å². The zero-order valence-electron chi connectivity index (χ0n) is 10.5. The van der Waals surface area contributed by atoms with Gasteiger partial charge in [0.1, 0.15) is 0 Å². The lowest BCUT2D eigenvalue weighted by Crippen LogP contribution is -2.30. The van der Waals surface area contributed by atoms with E-state index in [0.29, 0.717) is 0 Å². The summed E-state index contributed by atoms with van der Waals surface area (Å²) in [5, 5.41) is 5.55. The fourth-order valence-electron chi connectivity index (χ4n) is 1.82. The van der Waals surface area contributed by atoms with Gasteiger partial charge in [0.25, 0.3) is 0 Å². The third-order valence-corrected chi connectivity index (χ3v) is 3.79. The highest BCUT2D eigenvalue weighted by molar-refractivity contribution is 7.15. The number of fused-ring (bicyclic) bond motifs is 1. The van der Waals surface area contributed by atoms with Gasteiger partial charge in [0.15, 0.2) is 4.96 Å². The summed E-state index contributed by atoms with van der Waals surface area (Å²) in [6.07, 6.45) is 4.99. The van der Waals surface area contributed by atoms with Crippen molar-refractivity contribution in [3.8, 4) is 0 Å². The van der Waals surface area contributed by atoms with Gasteiger partial charge in [-0.1, -0.05) is 6.92 Å². The average Bonchev–Trinajstić information content (AvgIpc) is 2.89. The molecule has 0 aliphatic carbocycles. The van der Waals surface area contributed by atoms with E-state index in [0.717, 1.165) is 37.6 Å². The molecule has 5 heteroatoms. The van der Waals surface area contributed by atoms with E-state index in [1.54, 1.807) is 11.3 Å². The molecule has 1 N–H and O–H groups in total. The highest BCUT2D eigenvalue weighted by Gasteiger charge is 2.05. The molecular weight excluding hydrogens is 232 g/mol. The lowest BCUT2D eigenvalue weighted by Gasteiger charge is -2.16. The van der Waals surface area contributed by atoms with E-state index in [9.17, 15) is 0 Å². The van der Waals surface area contributed by atoms with Gasteiger partial charge in [-0.05, 0) is 13.6 Å². The predicted octanol–water partition coefficient (Wildman–Crippen LogP) is 1.48. The summed E-state index contributed by atoms with van der Waals surface area (Å²) < 4.78 is 2.18. The van der Waals surface area contributed by atoms with E-state index in [1.807, 2.05) is 12.4 Å². The molecule has 4 nitrogen and oxygen atoms in total. The number of thiazole rings is 1. The molecule has 0 saturated heterocycles. The summed E-state index contributed by atoms with van der Waals surface area (Å²) in [5.41, 5.74) is 1.36. The van der Waals surface area contributed by atoms with Gasteiger partial charge in [-0.25, -0.2) is 4.98 Å². The zero-order valence-corrected chi connectivity index (χ0v) is 11.3. The van der Waals surface area contributed by atoms with Crippen LogP contribution in [0.2, 0.25) is 0 Å². The van der Waals surface area contributed by atoms with Gasteiger partial charge in [-0.15, -0.1) is 11.3 Å². The summed E-state index contributed by atoms with van der Waals surface area (Å²) in [4.78, 5) is 7.74. The standard InChI is InChI=1S/C12H20N4S/c1-3-13-5-8-15(2)7-4-11-10-17-12-14-6-9-16(11)12/h6,9-10,13H,3-5,7-8H2,1-2H3. The van der Waals surface area contributed by atoms with Crippen LogP contribution in [-0.4, -0.2) is 47.5 Å². The predicted molar refractivity (Wildman–Crippen MR) is 72.8 cm³/mol. The van der Waals surface area contributed by atoms with Crippen LogP contribution in [0.5, 0.6) is 0 Å². The molecule has 0 fully saturated rings. The van der Waals surface area contributed by atoms with Gasteiger partial charge >= 0.3 is 0 Å². The maximum Gasteiger partial charge on any atom is 0.193 e. The molecule has 0 bridgehead atoms. The number of nitrogens with one attached hydrogen (secondary N) is 1. The van der Waals surface area contributed by atoms with E-state index in [-0.39, 0.29) is 0 Å². The summed E-state index contributed by atoms with van der Waals surface area (Å²) in [6, 6.07) is 0. The molecule has 94 valence electrons. The number of hydrogen-bond acceptors (Lipinski definition) is 4. The van der Waals surface area contributed by atoms with Crippen LogP contribution in [0.3, 0.4) is 0 Å². The summed E-state index contributed by atoms with van der Waals surface area (Å²) in [5.74, 6) is 0. The Morgan fingerprint density at radius 1 is 1.47 bits per heavy atom. The quantitative estimate of drug-likeness (QED) is 0.758. The second-order valence-corrected chi connectivity index (χ2v) is 5.05. The lowest BCUT2D eigenvalue weighted by molar-refractivity contribution is 0.335. The Balaban J connectivity index is 1.80. The molecule has 2 rings (SSSR count). The number of hydrogen-bond donors (Lipinski definition) is 1. The van der Waals surface area contributed by atoms with Crippen molar-refractivity contribution < 1.29 is 0 Å². The van der Waals surface area contributed by atoms with Gasteiger partial charge in [0.2, 0.25) is 0 Å². The molecule has 2 heterocycles. The smallest absolute Gasteiger partial charge is 0.193 e. The molecular formula is C12H20N4S. The van der Waals surface area contributed by atoms with Crippen molar-refractivity contribution >= 4 is 16.3 Å². The van der Waals surface area contributed by atoms with E-state index in [1.165, 1.54) is 5.69 Å². The number of likely N-dealkylation sites (N-methyl/N-ethyl adjacent to an activating group) is 2. The van der Waals surface area contributed by atoms with Crippen molar-refractivity contribution in [1.29, 1.82) is 0 Å². The first-order valence-corrected chi connectivity index (χ1v) is 6.98. The number of aromatic nitrogens is 2. The topological polar surface area (TPSA) is 32.6 Å². The molecule has 0 amide bonds. The van der Waals surface area contributed by atoms with E-state index >= 15 is 0 Å². The first-order chi connectivity index (χ1) is 8.31. The van der Waals surface area contributed by atoms with Gasteiger partial charge in [-0.2, -0.15) is 0 Å². The van der Waals surface area contributed by atoms with Crippen molar-refractivity contribution in [3.05, 3.63) is 23.5 Å². The summed E-state index contributed by atoms with van der Waals surface area (Å²) >= 11 is 1.71. The largest absolute Gasteiger partial charge is 0.316 e. The average molecular weight is 252 g/mol. The molecule has 0 saturated carbocycles. The molecule has 0 atom stereocenters. The molecule has 0 aliphatic rings. The minimum absolute atomic E-state index is 1.05. The van der Waals surface area contributed by atoms with Crippen LogP contribution < -0.4 is 5.32 Å². The molecule has 2 aromatic rings. The zero-order chi connectivity index (χ0) is 12.1. The van der Waals surface area contributed by atoms with Gasteiger partial charge in [0.05, 0.1) is 0 Å². The molecule has 0 radical (unpaired) electrons. The Hall–Kier alpha value is -0.910. The first kappa shape index (κ1) is 12.5. The summed E-state index contributed by atoms with van der Waals surface area (Å²) in [6.45, 7) is 6.45. The van der Waals surface area contributed by atoms with Crippen LogP contribution in [0.4, 0.5) is 0 Å². The third kappa shape index (κ3) is 3.28. The van der Waals surface area contributed by atoms with Crippen LogP contribution in [0.25, 0.3) is 4.96 Å². The van der Waals surface area contributed by atoms with Crippen LogP contribution >= 0.6 is 11.3 Å². The maximum atomic E-state index is 4.29. The second kappa shape index (κ2) is 6.14. The second-order valence-electron chi connectivity index (χ2n) is 4.21. The Labute approximate surface area is 106 Å². The monoisotopic (exact) mass is 252 g/mol. The number of rotatable bonds is 7. The molecule has 0 unspecified atom stereocenters. The van der Waals surface area contributed by atoms with Gasteiger partial charge in [-0.3, -0.25) is 4.40 Å². The van der Waals surface area contributed by atoms with Crippen molar-refractivity contribution in [1.82, 2.24) is 19.6 Å². The molecule has 0 spiro atoms. The van der Waals surface area contributed by atoms with Crippen LogP contribution in [0.15, 0.2) is 17.8 Å². The van der Waals surface area contributed by atoms with Crippen molar-refractivity contribution in [2.24, 2.45) is 0 Å². The van der Waals surface area contributed by atoms with Crippen molar-refractivity contribution in [2.45, 2.75) is 13.3 Å². The summed E-state index contributed by atoms with van der Waals surface area (Å²) in [7, 11) is 2.18. The number of nitrogens with zero attached hydrogens (tertiary/aromatic N) is 3. The molecule has 0 aromatic carbocycles. The minimum atomic E-state index is 1.05. The lowest BCUT2D eigenvalue weighted by atomic mass is 10.3. The molecule has 0 aliphatic heterocycles. The highest BCUT2D eigenvalue weighted by atomic mass is 32.1. The Bertz CT molecular complexity index is 448. The fraction of sp³-hybridized carbons (Fsp3) is 0.583. The normalized spacial score (nSPS) is 11.7.